The van der Waals surface area contributed by atoms with E-state index in [2.05, 4.69) is 11.6 Å². The zero-order chi connectivity index (χ0) is 24.3. The third-order valence-electron chi connectivity index (χ3n) is 5.37. The van der Waals surface area contributed by atoms with Crippen LogP contribution in [0.3, 0.4) is 0 Å². The van der Waals surface area contributed by atoms with Gasteiger partial charge in [0, 0.05) is 18.8 Å². The number of ether oxygens (including phenoxy) is 1. The van der Waals surface area contributed by atoms with Gasteiger partial charge < -0.3 is 14.2 Å². The molecule has 1 aliphatic rings. The van der Waals surface area contributed by atoms with Crippen molar-refractivity contribution in [1.29, 1.82) is 0 Å². The molecule has 0 N–H and O–H groups in total. The van der Waals surface area contributed by atoms with Gasteiger partial charge in [-0.3, -0.25) is 9.59 Å². The Balaban J connectivity index is 1.54. The number of para-hydroxylation sites is 1. The summed E-state index contributed by atoms with van der Waals surface area (Å²) in [5.74, 6) is -2.22. The Morgan fingerprint density at radius 2 is 2.00 bits per heavy atom. The highest BCUT2D eigenvalue weighted by Gasteiger charge is 2.29. The van der Waals surface area contributed by atoms with Crippen LogP contribution in [0.25, 0.3) is 10.2 Å². The quantitative estimate of drug-likeness (QED) is 0.444. The van der Waals surface area contributed by atoms with Crippen molar-refractivity contribution in [2.45, 2.75) is 19.9 Å². The third kappa shape index (κ3) is 5.13. The number of sulfone groups is 1. The maximum atomic E-state index is 12.7. The van der Waals surface area contributed by atoms with E-state index in [4.69, 9.17) is 4.74 Å². The van der Waals surface area contributed by atoms with Crippen LogP contribution >= 0.6 is 11.3 Å². The monoisotopic (exact) mass is 499 g/mol. The van der Waals surface area contributed by atoms with Gasteiger partial charge in [-0.1, -0.05) is 35.6 Å². The van der Waals surface area contributed by atoms with E-state index >= 15 is 0 Å². The molecule has 0 unspecified atom stereocenters. The van der Waals surface area contributed by atoms with Crippen LogP contribution in [0.2, 0.25) is 0 Å². The molecule has 4 rings (SSSR count). The Labute approximate surface area is 201 Å². The first kappa shape index (κ1) is 23.9. The highest BCUT2D eigenvalue weighted by molar-refractivity contribution is 7.92. The van der Waals surface area contributed by atoms with Gasteiger partial charge in [0.25, 0.3) is 5.91 Å². The van der Waals surface area contributed by atoms with Crippen LogP contribution in [0.15, 0.2) is 60.1 Å². The summed E-state index contributed by atoms with van der Waals surface area (Å²) in [5, 5.41) is 0. The van der Waals surface area contributed by atoms with Crippen LogP contribution in [0.1, 0.15) is 12.5 Å². The Hall–Kier alpha value is -3.24. The van der Waals surface area contributed by atoms with Crippen molar-refractivity contribution in [2.75, 3.05) is 29.6 Å². The molecule has 0 atom stereocenters. The molecule has 1 aromatic heterocycles. The van der Waals surface area contributed by atoms with Crippen LogP contribution in [0.4, 0.5) is 5.69 Å². The Bertz CT molecular complexity index is 1440. The van der Waals surface area contributed by atoms with Gasteiger partial charge in [0.1, 0.15) is 17.3 Å². The molecule has 0 radical (unpaired) electrons. The number of thiazole rings is 1. The molecule has 0 aliphatic carbocycles. The van der Waals surface area contributed by atoms with Crippen LogP contribution in [0.5, 0.6) is 5.75 Å². The van der Waals surface area contributed by atoms with Gasteiger partial charge >= 0.3 is 0 Å². The topological polar surface area (TPSA) is 98.0 Å². The minimum atomic E-state index is -3.99. The number of carbonyl (C=O) groups is 2. The highest BCUT2D eigenvalue weighted by Crippen LogP contribution is 2.27. The van der Waals surface area contributed by atoms with E-state index in [9.17, 15) is 18.0 Å². The largest absolute Gasteiger partial charge is 0.494 e. The third-order valence-corrected chi connectivity index (χ3v) is 7.79. The minimum Gasteiger partial charge on any atom is -0.494 e. The van der Waals surface area contributed by atoms with Crippen molar-refractivity contribution >= 4 is 48.9 Å². The van der Waals surface area contributed by atoms with Gasteiger partial charge in [0.2, 0.25) is 5.91 Å². The first-order chi connectivity index (χ1) is 16.3. The zero-order valence-corrected chi connectivity index (χ0v) is 20.4. The van der Waals surface area contributed by atoms with Gasteiger partial charge in [-0.25, -0.2) is 8.42 Å². The van der Waals surface area contributed by atoms with Crippen molar-refractivity contribution < 1.29 is 22.7 Å². The molecule has 0 fully saturated rings. The number of allylic oxidation sites excluding steroid dienone is 1. The first-order valence-electron chi connectivity index (χ1n) is 10.8. The predicted octanol–water partition coefficient (Wildman–Crippen LogP) is 2.72. The Morgan fingerprint density at radius 1 is 1.21 bits per heavy atom. The summed E-state index contributed by atoms with van der Waals surface area (Å²) in [6, 6.07) is 13.0. The van der Waals surface area contributed by atoms with E-state index in [0.717, 1.165) is 21.5 Å². The Morgan fingerprint density at radius 3 is 2.76 bits per heavy atom. The lowest BCUT2D eigenvalue weighted by Crippen LogP contribution is -2.36. The maximum absolute atomic E-state index is 12.7. The lowest BCUT2D eigenvalue weighted by molar-refractivity contribution is -0.116. The molecule has 0 saturated heterocycles. The van der Waals surface area contributed by atoms with Crippen molar-refractivity contribution in [3.63, 3.8) is 0 Å². The summed E-state index contributed by atoms with van der Waals surface area (Å²) in [6.45, 7) is 7.00. The van der Waals surface area contributed by atoms with Gasteiger partial charge in [-0.15, -0.1) is 6.58 Å². The molecule has 0 bridgehead atoms. The fourth-order valence-electron chi connectivity index (χ4n) is 3.94. The molecule has 2 heterocycles. The van der Waals surface area contributed by atoms with E-state index in [1.54, 1.807) is 16.7 Å². The fraction of sp³-hybridized carbons (Fsp3) is 0.292. The zero-order valence-electron chi connectivity index (χ0n) is 18.8. The molecule has 1 aliphatic heterocycles. The molecular formula is C24H25N3O5S2. The lowest BCUT2D eigenvalue weighted by atomic mass is 10.2. The van der Waals surface area contributed by atoms with Crippen molar-refractivity contribution in [3.8, 4) is 5.75 Å². The number of benzene rings is 2. The number of hydrogen-bond acceptors (Lipinski definition) is 6. The number of amides is 2. The SMILES string of the molecule is C=CCn1c(=NC(=O)CS(=O)(=O)CC(=O)N2CCc3ccccc32)sc2cc(OCC)ccc21. The first-order valence-corrected chi connectivity index (χ1v) is 13.5. The summed E-state index contributed by atoms with van der Waals surface area (Å²) < 4.78 is 33.5. The van der Waals surface area contributed by atoms with Crippen LogP contribution < -0.4 is 14.4 Å². The molecule has 3 aromatic rings. The molecule has 2 amide bonds. The van der Waals surface area contributed by atoms with E-state index in [-0.39, 0.29) is 0 Å². The smallest absolute Gasteiger partial charge is 0.263 e. The second-order valence-electron chi connectivity index (χ2n) is 7.81. The number of aromatic nitrogens is 1. The molecule has 8 nitrogen and oxygen atoms in total. The number of carbonyl (C=O) groups excluding carboxylic acids is 2. The number of rotatable bonds is 8. The second kappa shape index (κ2) is 9.94. The molecule has 0 saturated carbocycles. The summed E-state index contributed by atoms with van der Waals surface area (Å²) in [4.78, 5) is 31.2. The maximum Gasteiger partial charge on any atom is 0.263 e. The molecule has 34 heavy (non-hydrogen) atoms. The van der Waals surface area contributed by atoms with E-state index in [1.807, 2.05) is 43.3 Å². The van der Waals surface area contributed by atoms with Crippen molar-refractivity contribution in [3.05, 3.63) is 65.5 Å². The molecule has 178 valence electrons. The summed E-state index contributed by atoms with van der Waals surface area (Å²) in [5.41, 5.74) is 2.56. The number of hydrogen-bond donors (Lipinski definition) is 0. The summed E-state index contributed by atoms with van der Waals surface area (Å²) in [7, 11) is -3.99. The Kier molecular flexibility index (Phi) is 6.99. The van der Waals surface area contributed by atoms with Crippen LogP contribution in [-0.4, -0.2) is 49.5 Å². The summed E-state index contributed by atoms with van der Waals surface area (Å²) in [6.07, 6.45) is 2.35. The van der Waals surface area contributed by atoms with Gasteiger partial charge in [0.05, 0.1) is 16.8 Å². The second-order valence-corrected chi connectivity index (χ2v) is 10.9. The lowest BCUT2D eigenvalue weighted by Gasteiger charge is -2.17. The van der Waals surface area contributed by atoms with Crippen LogP contribution in [-0.2, 0) is 32.4 Å². The van der Waals surface area contributed by atoms with E-state index in [1.165, 1.54) is 16.2 Å². The van der Waals surface area contributed by atoms with E-state index in [0.29, 0.717) is 36.7 Å². The van der Waals surface area contributed by atoms with Gasteiger partial charge in [-0.2, -0.15) is 4.99 Å². The average molecular weight is 500 g/mol. The van der Waals surface area contributed by atoms with Gasteiger partial charge in [0.15, 0.2) is 14.6 Å². The number of anilines is 1. The predicted molar refractivity (Wildman–Crippen MR) is 133 cm³/mol. The normalized spacial score (nSPS) is 13.8. The van der Waals surface area contributed by atoms with Crippen molar-refractivity contribution in [2.24, 2.45) is 4.99 Å². The van der Waals surface area contributed by atoms with E-state index < -0.39 is 33.2 Å². The minimum absolute atomic E-state index is 0.364. The van der Waals surface area contributed by atoms with Gasteiger partial charge in [-0.05, 0) is 43.2 Å². The van der Waals surface area contributed by atoms with Crippen LogP contribution in [0, 0.1) is 0 Å². The molecule has 2 aromatic carbocycles. The summed E-state index contributed by atoms with van der Waals surface area (Å²) >= 11 is 1.26. The average Bonchev–Trinajstić information content (AvgIpc) is 3.35. The van der Waals surface area contributed by atoms with Crippen molar-refractivity contribution in [1.82, 2.24) is 4.57 Å². The number of nitrogens with zero attached hydrogens (tertiary/aromatic N) is 3. The highest BCUT2D eigenvalue weighted by atomic mass is 32.2. The number of fused-ring (bicyclic) bond motifs is 2. The molecular weight excluding hydrogens is 474 g/mol. The standard InChI is InChI=1S/C24H25N3O5S2/c1-3-12-27-20-10-9-18(32-4-2)14-21(20)33-24(27)25-22(28)15-34(30,31)16-23(29)26-13-11-17-7-5-6-8-19(17)26/h3,5-10,14H,1,4,11-13,15-16H2,2H3. The molecule has 10 heteroatoms. The molecule has 0 spiro atoms. The fourth-order valence-corrected chi connectivity index (χ4v) is 6.10.